The van der Waals surface area contributed by atoms with E-state index in [0.29, 0.717) is 6.42 Å². The van der Waals surface area contributed by atoms with Crippen molar-refractivity contribution in [2.24, 2.45) is 0 Å². The van der Waals surface area contributed by atoms with E-state index >= 15 is 0 Å². The van der Waals surface area contributed by atoms with Gasteiger partial charge in [0.25, 0.3) is 0 Å². The maximum absolute atomic E-state index is 10.7. The molecular weight excluding hydrogens is 222 g/mol. The molecule has 1 aromatic heterocycles. The molecule has 0 radical (unpaired) electrons. The van der Waals surface area contributed by atoms with Gasteiger partial charge in [-0.3, -0.25) is 0 Å². The van der Waals surface area contributed by atoms with Gasteiger partial charge in [0, 0.05) is 11.8 Å². The van der Waals surface area contributed by atoms with Gasteiger partial charge >= 0.3 is 5.97 Å². The van der Waals surface area contributed by atoms with Crippen molar-refractivity contribution in [1.29, 1.82) is 0 Å². The van der Waals surface area contributed by atoms with Crippen molar-refractivity contribution < 1.29 is 9.90 Å². The fraction of sp³-hybridized carbons (Fsp3) is 0.167. The van der Waals surface area contributed by atoms with Gasteiger partial charge in [-0.05, 0) is 12.5 Å². The Morgan fingerprint density at radius 3 is 2.94 bits per heavy atom. The number of aromatic nitrogens is 1. The first-order chi connectivity index (χ1) is 7.65. The second kappa shape index (κ2) is 4.45. The molecule has 0 fully saturated rings. The van der Waals surface area contributed by atoms with E-state index in [1.165, 1.54) is 16.9 Å². The van der Waals surface area contributed by atoms with Gasteiger partial charge in [0.15, 0.2) is 5.69 Å². The molecule has 0 saturated heterocycles. The smallest absolute Gasteiger partial charge is 0.355 e. The summed E-state index contributed by atoms with van der Waals surface area (Å²) in [5.41, 5.74) is 2.49. The Kier molecular flexibility index (Phi) is 3.01. The highest BCUT2D eigenvalue weighted by Crippen LogP contribution is 2.15. The lowest BCUT2D eigenvalue weighted by Gasteiger charge is -1.98. The molecule has 0 amide bonds. The van der Waals surface area contributed by atoms with Crippen LogP contribution in [-0.4, -0.2) is 16.1 Å². The van der Waals surface area contributed by atoms with Crippen molar-refractivity contribution in [3.8, 4) is 0 Å². The van der Waals surface area contributed by atoms with Crippen LogP contribution in [0.1, 0.15) is 26.6 Å². The van der Waals surface area contributed by atoms with Crippen LogP contribution in [0.15, 0.2) is 29.6 Å². The quantitative estimate of drug-likeness (QED) is 0.886. The third-order valence-electron chi connectivity index (χ3n) is 2.21. The first-order valence-corrected chi connectivity index (χ1v) is 5.76. The van der Waals surface area contributed by atoms with Gasteiger partial charge < -0.3 is 5.11 Å². The molecule has 0 atom stereocenters. The first kappa shape index (κ1) is 10.8. The highest BCUT2D eigenvalue weighted by atomic mass is 32.1. The van der Waals surface area contributed by atoms with Crippen molar-refractivity contribution in [2.45, 2.75) is 13.3 Å². The number of hydrogen-bond acceptors (Lipinski definition) is 3. The van der Waals surface area contributed by atoms with Crippen LogP contribution in [0.2, 0.25) is 0 Å². The van der Waals surface area contributed by atoms with Crippen LogP contribution in [0.3, 0.4) is 0 Å². The monoisotopic (exact) mass is 233 g/mol. The molecule has 0 bridgehead atoms. The average molecular weight is 233 g/mol. The van der Waals surface area contributed by atoms with Gasteiger partial charge in [-0.25, -0.2) is 9.78 Å². The number of rotatable bonds is 3. The van der Waals surface area contributed by atoms with E-state index in [2.05, 4.69) is 11.1 Å². The van der Waals surface area contributed by atoms with E-state index in [-0.39, 0.29) is 5.69 Å². The van der Waals surface area contributed by atoms with E-state index in [9.17, 15) is 4.79 Å². The van der Waals surface area contributed by atoms with Crippen molar-refractivity contribution >= 4 is 17.3 Å². The van der Waals surface area contributed by atoms with Crippen LogP contribution in [0.4, 0.5) is 0 Å². The molecule has 0 unspecified atom stereocenters. The third kappa shape index (κ3) is 2.46. The molecule has 1 aromatic carbocycles. The Balaban J connectivity index is 2.17. The van der Waals surface area contributed by atoms with Crippen LogP contribution >= 0.6 is 11.3 Å². The molecule has 82 valence electrons. The summed E-state index contributed by atoms with van der Waals surface area (Å²) in [6.07, 6.45) is 0.694. The first-order valence-electron chi connectivity index (χ1n) is 4.88. The van der Waals surface area contributed by atoms with E-state index < -0.39 is 5.97 Å². The standard InChI is InChI=1S/C12H11NO2S/c1-8-3-2-4-9(5-8)6-11-13-10(7-16-11)12(14)15/h2-5,7H,6H2,1H3,(H,14,15). The molecule has 4 heteroatoms. The number of nitrogens with zero attached hydrogens (tertiary/aromatic N) is 1. The lowest BCUT2D eigenvalue weighted by Crippen LogP contribution is -1.97. The normalized spacial score (nSPS) is 10.3. The minimum atomic E-state index is -0.966. The van der Waals surface area contributed by atoms with Crippen LogP contribution in [-0.2, 0) is 6.42 Å². The SMILES string of the molecule is Cc1cccc(Cc2nc(C(=O)O)cs2)c1. The summed E-state index contributed by atoms with van der Waals surface area (Å²) in [5, 5.41) is 11.2. The highest BCUT2D eigenvalue weighted by Gasteiger charge is 2.08. The number of carboxylic acids is 1. The average Bonchev–Trinajstić information content (AvgIpc) is 2.66. The lowest BCUT2D eigenvalue weighted by molar-refractivity contribution is 0.0691. The highest BCUT2D eigenvalue weighted by molar-refractivity contribution is 7.09. The van der Waals surface area contributed by atoms with Crippen LogP contribution in [0.5, 0.6) is 0 Å². The number of benzene rings is 1. The second-order valence-corrected chi connectivity index (χ2v) is 4.54. The summed E-state index contributed by atoms with van der Waals surface area (Å²) in [6, 6.07) is 8.14. The Morgan fingerprint density at radius 1 is 1.50 bits per heavy atom. The van der Waals surface area contributed by atoms with Gasteiger partial charge in [-0.1, -0.05) is 29.8 Å². The number of thiazole rings is 1. The second-order valence-electron chi connectivity index (χ2n) is 3.60. The zero-order valence-corrected chi connectivity index (χ0v) is 9.62. The Morgan fingerprint density at radius 2 is 2.31 bits per heavy atom. The molecule has 16 heavy (non-hydrogen) atoms. The summed E-state index contributed by atoms with van der Waals surface area (Å²) >= 11 is 1.39. The summed E-state index contributed by atoms with van der Waals surface area (Å²) < 4.78 is 0. The summed E-state index contributed by atoms with van der Waals surface area (Å²) in [5.74, 6) is -0.966. The minimum Gasteiger partial charge on any atom is -0.476 e. The number of aryl methyl sites for hydroxylation is 1. The summed E-state index contributed by atoms with van der Waals surface area (Å²) in [4.78, 5) is 14.7. The number of hydrogen-bond donors (Lipinski definition) is 1. The molecule has 2 rings (SSSR count). The largest absolute Gasteiger partial charge is 0.476 e. The van der Waals surface area contributed by atoms with Crippen LogP contribution < -0.4 is 0 Å². The fourth-order valence-electron chi connectivity index (χ4n) is 1.49. The molecule has 0 aliphatic rings. The van der Waals surface area contributed by atoms with Gasteiger partial charge in [0.1, 0.15) is 0 Å². The molecule has 0 spiro atoms. The molecule has 1 N–H and O–H groups in total. The van der Waals surface area contributed by atoms with E-state index in [1.54, 1.807) is 5.38 Å². The van der Waals surface area contributed by atoms with Crippen molar-refractivity contribution in [3.63, 3.8) is 0 Å². The molecule has 1 heterocycles. The number of aromatic carboxylic acids is 1. The Hall–Kier alpha value is -1.68. The predicted molar refractivity (Wildman–Crippen MR) is 63.1 cm³/mol. The zero-order chi connectivity index (χ0) is 11.5. The molecule has 0 aliphatic heterocycles. The van der Waals surface area contributed by atoms with Crippen molar-refractivity contribution in [1.82, 2.24) is 4.98 Å². The molecule has 0 aliphatic carbocycles. The van der Waals surface area contributed by atoms with Crippen molar-refractivity contribution in [2.75, 3.05) is 0 Å². The minimum absolute atomic E-state index is 0.132. The van der Waals surface area contributed by atoms with Crippen LogP contribution in [0, 0.1) is 6.92 Å². The van der Waals surface area contributed by atoms with E-state index in [0.717, 1.165) is 10.6 Å². The maximum Gasteiger partial charge on any atom is 0.355 e. The van der Waals surface area contributed by atoms with E-state index in [1.807, 2.05) is 25.1 Å². The topological polar surface area (TPSA) is 50.2 Å². The third-order valence-corrected chi connectivity index (χ3v) is 3.06. The number of carbonyl (C=O) groups is 1. The molecular formula is C12H11NO2S. The van der Waals surface area contributed by atoms with Gasteiger partial charge in [0.05, 0.1) is 5.01 Å². The fourth-order valence-corrected chi connectivity index (χ4v) is 2.29. The lowest BCUT2D eigenvalue weighted by atomic mass is 10.1. The predicted octanol–water partition coefficient (Wildman–Crippen LogP) is 2.74. The number of carboxylic acid groups (broad SMARTS) is 1. The Labute approximate surface area is 97.4 Å². The molecule has 0 saturated carbocycles. The van der Waals surface area contributed by atoms with Gasteiger partial charge in [-0.15, -0.1) is 11.3 Å². The summed E-state index contributed by atoms with van der Waals surface area (Å²) in [7, 11) is 0. The molecule has 2 aromatic rings. The maximum atomic E-state index is 10.7. The molecule has 3 nitrogen and oxygen atoms in total. The Bertz CT molecular complexity index is 519. The van der Waals surface area contributed by atoms with Crippen LogP contribution in [0.25, 0.3) is 0 Å². The van der Waals surface area contributed by atoms with Crippen molar-refractivity contribution in [3.05, 3.63) is 51.5 Å². The van der Waals surface area contributed by atoms with E-state index in [4.69, 9.17) is 5.11 Å². The van der Waals surface area contributed by atoms with Gasteiger partial charge in [-0.2, -0.15) is 0 Å². The van der Waals surface area contributed by atoms with Gasteiger partial charge in [0.2, 0.25) is 0 Å². The zero-order valence-electron chi connectivity index (χ0n) is 8.80. The summed E-state index contributed by atoms with van der Waals surface area (Å²) in [6.45, 7) is 2.04.